The number of carbonyl (C=O) groups excluding carboxylic acids is 1. The highest BCUT2D eigenvalue weighted by molar-refractivity contribution is 6.15. The summed E-state index contributed by atoms with van der Waals surface area (Å²) in [7, 11) is 1.89. The third-order valence-electron chi connectivity index (χ3n) is 7.90. The second kappa shape index (κ2) is 9.93. The molecule has 10 heteroatoms. The first-order chi connectivity index (χ1) is 20.4. The fourth-order valence-electron chi connectivity index (χ4n) is 5.67. The molecule has 3 N–H and O–H groups in total. The first-order valence-corrected chi connectivity index (χ1v) is 13.6. The van der Waals surface area contributed by atoms with E-state index in [1.165, 1.54) is 0 Å². The lowest BCUT2D eigenvalue weighted by molar-refractivity contribution is 0.0997. The van der Waals surface area contributed by atoms with Crippen LogP contribution in [0.3, 0.4) is 0 Å². The number of aliphatic hydroxyl groups excluding tert-OH is 1. The van der Waals surface area contributed by atoms with E-state index in [-0.39, 0.29) is 12.5 Å². The molecule has 0 fully saturated rings. The number of pyridine rings is 1. The standard InChI is InChI=1S/C32H28N8O2/c1-18-13-35-32(36-28-12-19(2)39(3)38-28)37-29(18)25-15-34-30-23(25)7-5-9-27(30)40-16-26-22(6-4-8-24(26)31(40)42)21-10-11-33-14-20(21)17-41/h4-15,34,41H,16-17H2,1-3H3,(H,35,36,37,38). The molecule has 0 saturated heterocycles. The van der Waals surface area contributed by atoms with Crippen molar-refractivity contribution in [3.8, 4) is 22.4 Å². The van der Waals surface area contributed by atoms with Crippen LogP contribution in [0.5, 0.6) is 0 Å². The van der Waals surface area contributed by atoms with Gasteiger partial charge in [-0.25, -0.2) is 9.97 Å². The van der Waals surface area contributed by atoms with Crippen LogP contribution in [-0.4, -0.2) is 40.7 Å². The Morgan fingerprint density at radius 3 is 2.67 bits per heavy atom. The molecule has 2 aromatic carbocycles. The predicted octanol–water partition coefficient (Wildman–Crippen LogP) is 5.43. The second-order valence-electron chi connectivity index (χ2n) is 10.5. The maximum absolute atomic E-state index is 13.8. The van der Waals surface area contributed by atoms with Gasteiger partial charge in [0, 0.05) is 65.7 Å². The van der Waals surface area contributed by atoms with Gasteiger partial charge in [-0.15, -0.1) is 0 Å². The van der Waals surface area contributed by atoms with Crippen molar-refractivity contribution in [3.05, 3.63) is 101 Å². The summed E-state index contributed by atoms with van der Waals surface area (Å²) < 4.78 is 1.79. The fraction of sp³-hybridized carbons (Fsp3) is 0.156. The summed E-state index contributed by atoms with van der Waals surface area (Å²) in [4.78, 5) is 32.5. The molecule has 5 heterocycles. The maximum Gasteiger partial charge on any atom is 0.259 e. The van der Waals surface area contributed by atoms with Crippen LogP contribution in [0.25, 0.3) is 33.3 Å². The Bertz CT molecular complexity index is 1990. The van der Waals surface area contributed by atoms with Crippen LogP contribution in [0.1, 0.15) is 32.7 Å². The third kappa shape index (κ3) is 4.11. The van der Waals surface area contributed by atoms with Gasteiger partial charge >= 0.3 is 0 Å². The highest BCUT2D eigenvalue weighted by atomic mass is 16.3. The van der Waals surface area contributed by atoms with E-state index in [1.807, 2.05) is 75.6 Å². The summed E-state index contributed by atoms with van der Waals surface area (Å²) in [5.41, 5.74) is 9.41. The van der Waals surface area contributed by atoms with Crippen LogP contribution >= 0.6 is 0 Å². The van der Waals surface area contributed by atoms with Crippen molar-refractivity contribution < 1.29 is 9.90 Å². The Morgan fingerprint density at radius 1 is 1.02 bits per heavy atom. The number of amides is 1. The fourth-order valence-corrected chi connectivity index (χ4v) is 5.67. The van der Waals surface area contributed by atoms with Crippen molar-refractivity contribution in [2.45, 2.75) is 27.0 Å². The average Bonchev–Trinajstić information content (AvgIpc) is 3.68. The molecule has 0 atom stereocenters. The van der Waals surface area contributed by atoms with Gasteiger partial charge in [-0.1, -0.05) is 24.3 Å². The second-order valence-corrected chi connectivity index (χ2v) is 10.5. The molecule has 4 aromatic heterocycles. The van der Waals surface area contributed by atoms with E-state index >= 15 is 0 Å². The lowest BCUT2D eigenvalue weighted by Crippen LogP contribution is -2.23. The number of carbonyl (C=O) groups is 1. The summed E-state index contributed by atoms with van der Waals surface area (Å²) in [5, 5.41) is 18.5. The number of benzene rings is 2. The minimum Gasteiger partial charge on any atom is -0.392 e. The molecule has 6 aromatic rings. The van der Waals surface area contributed by atoms with Crippen LogP contribution in [0.15, 0.2) is 73.3 Å². The SMILES string of the molecule is Cc1cnc(Nc2cc(C)n(C)n2)nc1-c1c[nH]c2c(N3Cc4c(cccc4-c4ccncc4CO)C3=O)cccc12. The molecule has 1 amide bonds. The zero-order valence-electron chi connectivity index (χ0n) is 23.4. The molecule has 7 rings (SSSR count). The van der Waals surface area contributed by atoms with E-state index < -0.39 is 0 Å². The number of para-hydroxylation sites is 1. The van der Waals surface area contributed by atoms with Crippen LogP contribution in [0.4, 0.5) is 17.5 Å². The smallest absolute Gasteiger partial charge is 0.259 e. The largest absolute Gasteiger partial charge is 0.392 e. The molecular formula is C32H28N8O2. The lowest BCUT2D eigenvalue weighted by Gasteiger charge is -2.17. The Labute approximate surface area is 241 Å². The quantitative estimate of drug-likeness (QED) is 0.250. The van der Waals surface area contributed by atoms with Crippen LogP contribution in [0.2, 0.25) is 0 Å². The number of aromatic amines is 1. The van der Waals surface area contributed by atoms with Crippen molar-refractivity contribution in [1.29, 1.82) is 0 Å². The highest BCUT2D eigenvalue weighted by Gasteiger charge is 2.32. The van der Waals surface area contributed by atoms with Crippen molar-refractivity contribution in [1.82, 2.24) is 29.7 Å². The zero-order chi connectivity index (χ0) is 29.0. The normalized spacial score (nSPS) is 12.8. The molecule has 1 aliphatic heterocycles. The molecule has 0 unspecified atom stereocenters. The van der Waals surface area contributed by atoms with E-state index in [4.69, 9.17) is 4.98 Å². The van der Waals surface area contributed by atoms with Gasteiger partial charge in [0.05, 0.1) is 30.0 Å². The van der Waals surface area contributed by atoms with Gasteiger partial charge in [-0.05, 0) is 54.3 Å². The molecule has 208 valence electrons. The number of nitrogens with one attached hydrogen (secondary N) is 2. The number of H-pyrrole nitrogens is 1. The van der Waals surface area contributed by atoms with Crippen molar-refractivity contribution in [2.24, 2.45) is 7.05 Å². The Morgan fingerprint density at radius 2 is 1.86 bits per heavy atom. The predicted molar refractivity (Wildman–Crippen MR) is 161 cm³/mol. The number of nitrogens with zero attached hydrogens (tertiary/aromatic N) is 6. The van der Waals surface area contributed by atoms with Gasteiger partial charge in [0.25, 0.3) is 5.91 Å². The number of fused-ring (bicyclic) bond motifs is 2. The Kier molecular flexibility index (Phi) is 6.05. The number of anilines is 3. The van der Waals surface area contributed by atoms with Crippen LogP contribution < -0.4 is 10.2 Å². The minimum atomic E-state index is -0.129. The number of aliphatic hydroxyl groups is 1. The van der Waals surface area contributed by atoms with Crippen molar-refractivity contribution in [3.63, 3.8) is 0 Å². The van der Waals surface area contributed by atoms with E-state index in [2.05, 4.69) is 25.4 Å². The molecule has 10 nitrogen and oxygen atoms in total. The molecule has 42 heavy (non-hydrogen) atoms. The molecule has 0 saturated carbocycles. The van der Waals surface area contributed by atoms with Gasteiger partial charge in [0.2, 0.25) is 5.95 Å². The lowest BCUT2D eigenvalue weighted by atomic mass is 9.95. The van der Waals surface area contributed by atoms with Gasteiger partial charge < -0.3 is 20.3 Å². The molecule has 0 spiro atoms. The van der Waals surface area contributed by atoms with E-state index in [0.717, 1.165) is 61.4 Å². The van der Waals surface area contributed by atoms with Crippen LogP contribution in [0, 0.1) is 13.8 Å². The summed E-state index contributed by atoms with van der Waals surface area (Å²) in [6.45, 7) is 4.25. The van der Waals surface area contributed by atoms with Gasteiger partial charge in [0.1, 0.15) is 0 Å². The van der Waals surface area contributed by atoms with Crippen molar-refractivity contribution >= 4 is 34.3 Å². The Hall–Kier alpha value is -5.35. The first-order valence-electron chi connectivity index (χ1n) is 13.6. The van der Waals surface area contributed by atoms with Crippen molar-refractivity contribution in [2.75, 3.05) is 10.2 Å². The first kappa shape index (κ1) is 25.6. The molecule has 0 aliphatic carbocycles. The maximum atomic E-state index is 13.8. The van der Waals surface area contributed by atoms with E-state index in [9.17, 15) is 9.90 Å². The summed E-state index contributed by atoms with van der Waals surface area (Å²) >= 11 is 0. The number of aromatic nitrogens is 6. The molecule has 0 radical (unpaired) electrons. The molecule has 0 bridgehead atoms. The highest BCUT2D eigenvalue weighted by Crippen LogP contribution is 2.40. The number of aryl methyl sites for hydroxylation is 3. The van der Waals surface area contributed by atoms with E-state index in [0.29, 0.717) is 23.9 Å². The number of rotatable bonds is 6. The summed E-state index contributed by atoms with van der Waals surface area (Å²) in [5.74, 6) is 1.07. The van der Waals surface area contributed by atoms with Crippen LogP contribution in [-0.2, 0) is 20.2 Å². The van der Waals surface area contributed by atoms with E-state index in [1.54, 1.807) is 28.2 Å². The number of hydrogen-bond donors (Lipinski definition) is 3. The third-order valence-corrected chi connectivity index (χ3v) is 7.90. The Balaban J connectivity index is 1.27. The van der Waals surface area contributed by atoms with Gasteiger partial charge in [-0.3, -0.25) is 14.5 Å². The molecular weight excluding hydrogens is 528 g/mol. The minimum absolute atomic E-state index is 0.0644. The monoisotopic (exact) mass is 556 g/mol. The summed E-state index contributed by atoms with van der Waals surface area (Å²) in [6, 6.07) is 15.5. The number of hydrogen-bond acceptors (Lipinski definition) is 7. The van der Waals surface area contributed by atoms with Gasteiger partial charge in [-0.2, -0.15) is 5.10 Å². The topological polar surface area (TPSA) is 125 Å². The average molecular weight is 557 g/mol. The van der Waals surface area contributed by atoms with Gasteiger partial charge in [0.15, 0.2) is 5.82 Å². The molecule has 1 aliphatic rings. The zero-order valence-corrected chi connectivity index (χ0v) is 23.4. The summed E-state index contributed by atoms with van der Waals surface area (Å²) in [6.07, 6.45) is 7.10.